The predicted molar refractivity (Wildman–Crippen MR) is 61.3 cm³/mol. The minimum atomic E-state index is 0.365. The van der Waals surface area contributed by atoms with Crippen molar-refractivity contribution in [1.29, 1.82) is 0 Å². The van der Waals surface area contributed by atoms with Gasteiger partial charge in [0.25, 0.3) is 0 Å². The number of hydrogen-bond acceptors (Lipinski definition) is 3. The molecule has 1 heterocycles. The second-order valence-electron chi connectivity index (χ2n) is 3.96. The van der Waals surface area contributed by atoms with Crippen molar-refractivity contribution in [3.63, 3.8) is 0 Å². The van der Waals surface area contributed by atoms with Gasteiger partial charge in [0.1, 0.15) is 5.75 Å². The van der Waals surface area contributed by atoms with E-state index in [1.165, 1.54) is 0 Å². The number of phenolic OH excluding ortho intramolecular Hbond substituents is 1. The molecule has 1 N–H and O–H groups in total. The second-order valence-corrected chi connectivity index (χ2v) is 3.96. The summed E-state index contributed by atoms with van der Waals surface area (Å²) in [6.45, 7) is 2.01. The van der Waals surface area contributed by atoms with Crippen molar-refractivity contribution < 1.29 is 5.11 Å². The molecule has 0 saturated heterocycles. The highest BCUT2D eigenvalue weighted by molar-refractivity contribution is 5.38. The van der Waals surface area contributed by atoms with Crippen molar-refractivity contribution >= 4 is 0 Å². The first-order chi connectivity index (χ1) is 7.66. The Morgan fingerprint density at radius 1 is 1.31 bits per heavy atom. The number of benzene rings is 1. The number of rotatable bonds is 3. The van der Waals surface area contributed by atoms with Crippen LogP contribution in [-0.2, 0) is 19.9 Å². The van der Waals surface area contributed by atoms with Gasteiger partial charge in [-0.25, -0.2) is 0 Å². The average molecular weight is 217 g/mol. The Bertz CT molecular complexity index is 471. The maximum atomic E-state index is 9.73. The molecule has 4 nitrogen and oxygen atoms in total. The lowest BCUT2D eigenvalue weighted by atomic mass is 10.0. The van der Waals surface area contributed by atoms with E-state index in [0.717, 1.165) is 29.7 Å². The van der Waals surface area contributed by atoms with Crippen molar-refractivity contribution in [3.8, 4) is 5.75 Å². The molecule has 84 valence electrons. The maximum Gasteiger partial charge on any atom is 0.119 e. The summed E-state index contributed by atoms with van der Waals surface area (Å²) in [5.41, 5.74) is 3.06. The second kappa shape index (κ2) is 4.35. The van der Waals surface area contributed by atoms with Gasteiger partial charge in [-0.2, -0.15) is 0 Å². The van der Waals surface area contributed by atoms with Crippen LogP contribution in [0.1, 0.15) is 16.8 Å². The van der Waals surface area contributed by atoms with E-state index < -0.39 is 0 Å². The van der Waals surface area contributed by atoms with Crippen LogP contribution >= 0.6 is 0 Å². The van der Waals surface area contributed by atoms with E-state index in [0.29, 0.717) is 5.75 Å². The Morgan fingerprint density at radius 3 is 2.75 bits per heavy atom. The molecule has 0 aliphatic rings. The molecule has 0 saturated carbocycles. The molecule has 0 fully saturated rings. The zero-order chi connectivity index (χ0) is 11.5. The third-order valence-electron chi connectivity index (χ3n) is 2.67. The molecule has 0 radical (unpaired) electrons. The average Bonchev–Trinajstić information content (AvgIpc) is 2.63. The summed E-state index contributed by atoms with van der Waals surface area (Å²) in [4.78, 5) is 0. The van der Waals surface area contributed by atoms with Crippen molar-refractivity contribution in [2.24, 2.45) is 7.05 Å². The van der Waals surface area contributed by atoms with E-state index in [9.17, 15) is 5.11 Å². The Labute approximate surface area is 94.5 Å². The van der Waals surface area contributed by atoms with Gasteiger partial charge in [0, 0.05) is 13.2 Å². The summed E-state index contributed by atoms with van der Waals surface area (Å²) in [5, 5.41) is 17.6. The van der Waals surface area contributed by atoms with Crippen molar-refractivity contribution in [2.75, 3.05) is 0 Å². The number of phenols is 1. The van der Waals surface area contributed by atoms with E-state index in [4.69, 9.17) is 0 Å². The number of aromatic nitrogens is 3. The fourth-order valence-electron chi connectivity index (χ4n) is 1.77. The van der Waals surface area contributed by atoms with Gasteiger partial charge >= 0.3 is 0 Å². The van der Waals surface area contributed by atoms with E-state index in [1.807, 2.05) is 32.3 Å². The molecule has 0 unspecified atom stereocenters. The summed E-state index contributed by atoms with van der Waals surface area (Å²) in [5.74, 6) is 0.365. The normalized spacial score (nSPS) is 10.6. The van der Waals surface area contributed by atoms with E-state index >= 15 is 0 Å². The van der Waals surface area contributed by atoms with E-state index in [1.54, 1.807) is 10.7 Å². The SMILES string of the molecule is Cc1cccc(O)c1CCc1cn(C)nn1. The van der Waals surface area contributed by atoms with Gasteiger partial charge in [-0.05, 0) is 37.0 Å². The summed E-state index contributed by atoms with van der Waals surface area (Å²) in [6, 6.07) is 5.58. The van der Waals surface area contributed by atoms with Crippen LogP contribution < -0.4 is 0 Å². The van der Waals surface area contributed by atoms with Crippen LogP contribution in [0.25, 0.3) is 0 Å². The van der Waals surface area contributed by atoms with Crippen LogP contribution in [-0.4, -0.2) is 20.1 Å². The Kier molecular flexibility index (Phi) is 2.90. The Hall–Kier alpha value is -1.84. The van der Waals surface area contributed by atoms with Crippen LogP contribution in [0.3, 0.4) is 0 Å². The first-order valence-electron chi connectivity index (χ1n) is 5.29. The van der Waals surface area contributed by atoms with Gasteiger partial charge in [0.05, 0.1) is 5.69 Å². The third-order valence-corrected chi connectivity index (χ3v) is 2.67. The third kappa shape index (κ3) is 2.21. The lowest BCUT2D eigenvalue weighted by Gasteiger charge is -2.06. The first kappa shape index (κ1) is 10.7. The molecule has 0 aliphatic heterocycles. The van der Waals surface area contributed by atoms with Crippen LogP contribution in [0.4, 0.5) is 0 Å². The fourth-order valence-corrected chi connectivity index (χ4v) is 1.77. The number of hydrogen-bond donors (Lipinski definition) is 1. The van der Waals surface area contributed by atoms with Crippen LogP contribution in [0, 0.1) is 6.92 Å². The molecule has 0 amide bonds. The van der Waals surface area contributed by atoms with Gasteiger partial charge in [0.2, 0.25) is 0 Å². The Morgan fingerprint density at radius 2 is 2.12 bits per heavy atom. The number of nitrogens with zero attached hydrogens (tertiary/aromatic N) is 3. The molecule has 2 aromatic rings. The molecule has 0 aliphatic carbocycles. The molecule has 0 atom stereocenters. The minimum Gasteiger partial charge on any atom is -0.508 e. The molecular formula is C12H15N3O. The molecule has 16 heavy (non-hydrogen) atoms. The summed E-state index contributed by atoms with van der Waals surface area (Å²) < 4.78 is 1.69. The highest BCUT2D eigenvalue weighted by Gasteiger charge is 2.06. The first-order valence-corrected chi connectivity index (χ1v) is 5.29. The van der Waals surface area contributed by atoms with Crippen molar-refractivity contribution in [3.05, 3.63) is 41.2 Å². The zero-order valence-corrected chi connectivity index (χ0v) is 9.51. The topological polar surface area (TPSA) is 50.9 Å². The standard InChI is InChI=1S/C12H15N3O/c1-9-4-3-5-12(16)11(9)7-6-10-8-15(2)14-13-10/h3-5,8,16H,6-7H2,1-2H3. The lowest BCUT2D eigenvalue weighted by Crippen LogP contribution is -1.95. The molecule has 2 rings (SSSR count). The zero-order valence-electron chi connectivity index (χ0n) is 9.51. The highest BCUT2D eigenvalue weighted by atomic mass is 16.3. The summed E-state index contributed by atoms with van der Waals surface area (Å²) >= 11 is 0. The molecule has 4 heteroatoms. The van der Waals surface area contributed by atoms with Crippen LogP contribution in [0.5, 0.6) is 5.75 Å². The monoisotopic (exact) mass is 217 g/mol. The van der Waals surface area contributed by atoms with Gasteiger partial charge in [0.15, 0.2) is 0 Å². The lowest BCUT2D eigenvalue weighted by molar-refractivity contribution is 0.467. The van der Waals surface area contributed by atoms with Crippen LogP contribution in [0.15, 0.2) is 24.4 Å². The van der Waals surface area contributed by atoms with Gasteiger partial charge in [-0.3, -0.25) is 4.68 Å². The predicted octanol–water partition coefficient (Wildman–Crippen LogP) is 1.61. The summed E-state index contributed by atoms with van der Waals surface area (Å²) in [7, 11) is 1.85. The van der Waals surface area contributed by atoms with Crippen molar-refractivity contribution in [2.45, 2.75) is 19.8 Å². The van der Waals surface area contributed by atoms with Gasteiger partial charge < -0.3 is 5.11 Å². The molecule has 1 aromatic carbocycles. The van der Waals surface area contributed by atoms with Gasteiger partial charge in [-0.15, -0.1) is 5.10 Å². The smallest absolute Gasteiger partial charge is 0.119 e. The Balaban J connectivity index is 2.10. The molecular weight excluding hydrogens is 202 g/mol. The summed E-state index contributed by atoms with van der Waals surface area (Å²) in [6.07, 6.45) is 3.48. The van der Waals surface area contributed by atoms with Crippen LogP contribution in [0.2, 0.25) is 0 Å². The molecule has 0 spiro atoms. The largest absolute Gasteiger partial charge is 0.508 e. The van der Waals surface area contributed by atoms with Crippen molar-refractivity contribution in [1.82, 2.24) is 15.0 Å². The number of aryl methyl sites for hydroxylation is 3. The van der Waals surface area contributed by atoms with Gasteiger partial charge in [-0.1, -0.05) is 17.3 Å². The van der Waals surface area contributed by atoms with E-state index in [2.05, 4.69) is 10.3 Å². The number of aromatic hydroxyl groups is 1. The maximum absolute atomic E-state index is 9.73. The molecule has 1 aromatic heterocycles. The van der Waals surface area contributed by atoms with E-state index in [-0.39, 0.29) is 0 Å². The minimum absolute atomic E-state index is 0.365. The molecule has 0 bridgehead atoms. The highest BCUT2D eigenvalue weighted by Crippen LogP contribution is 2.21. The quantitative estimate of drug-likeness (QED) is 0.849. The fraction of sp³-hybridized carbons (Fsp3) is 0.333.